The van der Waals surface area contributed by atoms with Crippen LogP contribution in [0.25, 0.3) is 11.0 Å². The summed E-state index contributed by atoms with van der Waals surface area (Å²) in [4.78, 5) is 16.6. The molecule has 8 nitrogen and oxygen atoms in total. The average Bonchev–Trinajstić information content (AvgIpc) is 3.11. The molecule has 1 aliphatic heterocycles. The van der Waals surface area contributed by atoms with Crippen LogP contribution >= 0.6 is 0 Å². The predicted octanol–water partition coefficient (Wildman–Crippen LogP) is 2.24. The van der Waals surface area contributed by atoms with Crippen LogP contribution in [0.1, 0.15) is 29.8 Å². The van der Waals surface area contributed by atoms with E-state index in [9.17, 15) is 13.2 Å². The van der Waals surface area contributed by atoms with Crippen LogP contribution in [0.2, 0.25) is 0 Å². The molecule has 0 aliphatic carbocycles. The van der Waals surface area contributed by atoms with Crippen molar-refractivity contribution >= 4 is 21.0 Å². The van der Waals surface area contributed by atoms with Crippen molar-refractivity contribution in [1.29, 1.82) is 0 Å². The maximum Gasteiger partial charge on any atom is 0.256 e. The number of fused-ring (bicyclic) bond motifs is 1. The van der Waals surface area contributed by atoms with Gasteiger partial charge in [0.05, 0.1) is 6.33 Å². The molecule has 29 heavy (non-hydrogen) atoms. The lowest BCUT2D eigenvalue weighted by molar-refractivity contribution is 0.250. The Morgan fingerprint density at radius 3 is 2.66 bits per heavy atom. The molecule has 1 saturated heterocycles. The summed E-state index contributed by atoms with van der Waals surface area (Å²) >= 11 is 0. The highest BCUT2D eigenvalue weighted by Gasteiger charge is 2.30. The van der Waals surface area contributed by atoms with Crippen molar-refractivity contribution in [3.8, 4) is 0 Å². The first-order valence-electron chi connectivity index (χ1n) is 9.69. The summed E-state index contributed by atoms with van der Waals surface area (Å²) in [5.74, 6) is 0.0748. The lowest BCUT2D eigenvalue weighted by Crippen LogP contribution is -2.40. The molecule has 2 aromatic heterocycles. The van der Waals surface area contributed by atoms with Crippen LogP contribution in [0.15, 0.2) is 39.9 Å². The Kier molecular flexibility index (Phi) is 5.26. The van der Waals surface area contributed by atoms with Gasteiger partial charge in [0, 0.05) is 36.3 Å². The number of hydrogen-bond donors (Lipinski definition) is 0. The van der Waals surface area contributed by atoms with Crippen molar-refractivity contribution in [1.82, 2.24) is 19.0 Å². The van der Waals surface area contributed by atoms with Gasteiger partial charge in [-0.1, -0.05) is 17.3 Å². The van der Waals surface area contributed by atoms with Gasteiger partial charge in [0.15, 0.2) is 5.58 Å². The first-order chi connectivity index (χ1) is 13.8. The minimum absolute atomic E-state index is 0.0227. The Labute approximate surface area is 169 Å². The summed E-state index contributed by atoms with van der Waals surface area (Å²) in [6.07, 6.45) is 3.00. The molecule has 0 bridgehead atoms. The third kappa shape index (κ3) is 3.97. The Morgan fingerprint density at radius 1 is 1.17 bits per heavy atom. The van der Waals surface area contributed by atoms with Crippen molar-refractivity contribution in [3.05, 3.63) is 57.9 Å². The Hall–Kier alpha value is -2.52. The highest BCUT2D eigenvalue weighted by atomic mass is 32.2. The lowest BCUT2D eigenvalue weighted by atomic mass is 9.98. The van der Waals surface area contributed by atoms with Gasteiger partial charge in [-0.05, 0) is 44.7 Å². The maximum atomic E-state index is 12.9. The zero-order valence-electron chi connectivity index (χ0n) is 16.5. The smallest absolute Gasteiger partial charge is 0.256 e. The molecule has 154 valence electrons. The van der Waals surface area contributed by atoms with Crippen LogP contribution in [-0.2, 0) is 22.3 Å². The van der Waals surface area contributed by atoms with Gasteiger partial charge in [-0.25, -0.2) is 17.7 Å². The van der Waals surface area contributed by atoms with Crippen LogP contribution in [0.3, 0.4) is 0 Å². The van der Waals surface area contributed by atoms with Crippen molar-refractivity contribution in [2.24, 2.45) is 5.92 Å². The number of aryl methyl sites for hydroxylation is 1. The van der Waals surface area contributed by atoms with E-state index >= 15 is 0 Å². The summed E-state index contributed by atoms with van der Waals surface area (Å²) in [5.41, 5.74) is 2.41. The van der Waals surface area contributed by atoms with Crippen LogP contribution in [0.5, 0.6) is 0 Å². The molecule has 0 amide bonds. The number of nitrogens with zero attached hydrogens (tertiary/aromatic N) is 4. The Bertz CT molecular complexity index is 1190. The van der Waals surface area contributed by atoms with Gasteiger partial charge in [-0.3, -0.25) is 9.36 Å². The van der Waals surface area contributed by atoms with Gasteiger partial charge >= 0.3 is 0 Å². The Morgan fingerprint density at radius 2 is 1.90 bits per heavy atom. The molecule has 4 rings (SSSR count). The highest BCUT2D eigenvalue weighted by Crippen LogP contribution is 2.25. The third-order valence-corrected chi connectivity index (χ3v) is 7.50. The lowest BCUT2D eigenvalue weighted by Gasteiger charge is -2.31. The highest BCUT2D eigenvalue weighted by molar-refractivity contribution is 7.88. The average molecular weight is 417 g/mol. The molecule has 3 aromatic rings. The topological polar surface area (TPSA) is 98.3 Å². The van der Waals surface area contributed by atoms with Crippen LogP contribution in [0, 0.1) is 19.8 Å². The fourth-order valence-electron chi connectivity index (χ4n) is 3.76. The molecule has 9 heteroatoms. The van der Waals surface area contributed by atoms with Crippen molar-refractivity contribution in [3.63, 3.8) is 0 Å². The molecule has 0 saturated carbocycles. The van der Waals surface area contributed by atoms with E-state index in [4.69, 9.17) is 4.52 Å². The number of para-hydroxylation sites is 1. The molecule has 1 aromatic carbocycles. The van der Waals surface area contributed by atoms with E-state index in [0.717, 1.165) is 11.1 Å². The molecule has 3 heterocycles. The van der Waals surface area contributed by atoms with E-state index < -0.39 is 10.0 Å². The van der Waals surface area contributed by atoms with E-state index in [1.165, 1.54) is 4.31 Å². The predicted molar refractivity (Wildman–Crippen MR) is 109 cm³/mol. The molecule has 0 spiro atoms. The zero-order chi connectivity index (χ0) is 20.6. The molecule has 1 fully saturated rings. The number of rotatable bonds is 5. The van der Waals surface area contributed by atoms with Crippen molar-refractivity contribution in [2.75, 3.05) is 13.1 Å². The molecular formula is C20H24N4O4S. The second-order valence-electron chi connectivity index (χ2n) is 7.64. The van der Waals surface area contributed by atoms with E-state index in [-0.39, 0.29) is 17.2 Å². The van der Waals surface area contributed by atoms with E-state index in [1.807, 2.05) is 25.1 Å². The van der Waals surface area contributed by atoms with Gasteiger partial charge < -0.3 is 4.52 Å². The van der Waals surface area contributed by atoms with Crippen molar-refractivity contribution < 1.29 is 12.9 Å². The summed E-state index contributed by atoms with van der Waals surface area (Å²) < 4.78 is 34.1. The van der Waals surface area contributed by atoms with Crippen LogP contribution in [0.4, 0.5) is 0 Å². The third-order valence-electron chi connectivity index (χ3n) is 5.71. The van der Waals surface area contributed by atoms with Crippen LogP contribution < -0.4 is 5.56 Å². The van der Waals surface area contributed by atoms with Crippen LogP contribution in [-0.4, -0.2) is 40.5 Å². The normalized spacial score (nSPS) is 16.5. The molecular weight excluding hydrogens is 392 g/mol. The van der Waals surface area contributed by atoms with E-state index in [1.54, 1.807) is 23.9 Å². The largest absolute Gasteiger partial charge is 0.356 e. The number of aromatic nitrogens is 3. The standard InChI is InChI=1S/C20H24N4O4S/c1-14-15(2)21-13-23(20(14)25)11-16-7-9-24(10-8-16)29(26,27)12-18-17-5-3-4-6-19(17)28-22-18/h3-6,13,16H,7-12H2,1-2H3. The summed E-state index contributed by atoms with van der Waals surface area (Å²) in [6, 6.07) is 7.25. The number of piperidine rings is 1. The number of hydrogen-bond acceptors (Lipinski definition) is 6. The molecule has 0 unspecified atom stereocenters. The summed E-state index contributed by atoms with van der Waals surface area (Å²) in [5, 5.41) is 4.67. The zero-order valence-corrected chi connectivity index (χ0v) is 17.4. The second-order valence-corrected chi connectivity index (χ2v) is 9.61. The van der Waals surface area contributed by atoms with Gasteiger partial charge in [-0.2, -0.15) is 0 Å². The SMILES string of the molecule is Cc1ncn(CC2CCN(S(=O)(=O)Cc3noc4ccccc34)CC2)c(=O)c1C. The maximum absolute atomic E-state index is 12.9. The molecule has 0 atom stereocenters. The molecule has 0 radical (unpaired) electrons. The quantitative estimate of drug-likeness (QED) is 0.633. The van der Waals surface area contributed by atoms with Gasteiger partial charge in [0.1, 0.15) is 11.4 Å². The minimum atomic E-state index is -3.48. The van der Waals surface area contributed by atoms with Gasteiger partial charge in [0.2, 0.25) is 10.0 Å². The number of sulfonamides is 1. The Balaban J connectivity index is 1.41. The molecule has 1 aliphatic rings. The van der Waals surface area contributed by atoms with E-state index in [2.05, 4.69) is 10.1 Å². The minimum Gasteiger partial charge on any atom is -0.356 e. The fourth-order valence-corrected chi connectivity index (χ4v) is 5.26. The first kappa shape index (κ1) is 19.8. The second kappa shape index (κ2) is 7.72. The fraction of sp³-hybridized carbons (Fsp3) is 0.450. The van der Waals surface area contributed by atoms with E-state index in [0.29, 0.717) is 49.3 Å². The molecule has 0 N–H and O–H groups in total. The van der Waals surface area contributed by atoms with Gasteiger partial charge in [0.25, 0.3) is 5.56 Å². The number of benzene rings is 1. The van der Waals surface area contributed by atoms with Gasteiger partial charge in [-0.15, -0.1) is 0 Å². The van der Waals surface area contributed by atoms with Crippen molar-refractivity contribution in [2.45, 2.75) is 39.0 Å². The first-order valence-corrected chi connectivity index (χ1v) is 11.3. The summed E-state index contributed by atoms with van der Waals surface area (Å²) in [7, 11) is -3.48. The summed E-state index contributed by atoms with van der Waals surface area (Å²) in [6.45, 7) is 5.05. The monoisotopic (exact) mass is 416 g/mol.